The average Bonchev–Trinajstić information content (AvgIpc) is 2.95. The zero-order chi connectivity index (χ0) is 17.2. The number of carbonyl (C=O) groups excluding carboxylic acids is 1. The first-order valence-electron chi connectivity index (χ1n) is 8.22. The molecule has 2 aliphatic heterocycles. The fourth-order valence-electron chi connectivity index (χ4n) is 2.83. The molecule has 0 atom stereocenters. The monoisotopic (exact) mass is 336 g/mol. The Kier molecular flexibility index (Phi) is 4.60. The molecule has 1 aromatic rings. The van der Waals surface area contributed by atoms with E-state index in [0.29, 0.717) is 19.0 Å². The van der Waals surface area contributed by atoms with Crippen molar-refractivity contribution in [1.82, 2.24) is 10.2 Å². The number of nitrogens with zero attached hydrogens (tertiary/aromatic N) is 3. The van der Waals surface area contributed by atoms with E-state index in [-0.39, 0.29) is 0 Å². The van der Waals surface area contributed by atoms with Gasteiger partial charge in [0.15, 0.2) is 17.4 Å². The van der Waals surface area contributed by atoms with Gasteiger partial charge in [-0.15, -0.1) is 10.2 Å². The lowest BCUT2D eigenvalue weighted by molar-refractivity contribution is -0.169. The van der Waals surface area contributed by atoms with Crippen LogP contribution in [0.5, 0.6) is 0 Å². The molecule has 0 bridgehead atoms. The molecule has 132 valence electrons. The van der Waals surface area contributed by atoms with E-state index < -0.39 is 17.5 Å². The number of hydrogen-bond donors (Lipinski definition) is 1. The van der Waals surface area contributed by atoms with E-state index in [1.165, 1.54) is 0 Å². The Labute approximate surface area is 141 Å². The minimum atomic E-state index is -0.550. The maximum atomic E-state index is 11.7. The summed E-state index contributed by atoms with van der Waals surface area (Å²) in [5.41, 5.74) is -0.550. The maximum Gasteiger partial charge on any atom is 0.413 e. The van der Waals surface area contributed by atoms with Crippen LogP contribution in [0.2, 0.25) is 0 Å². The molecule has 0 radical (unpaired) electrons. The van der Waals surface area contributed by atoms with Crippen LogP contribution < -0.4 is 10.2 Å². The molecule has 8 nitrogen and oxygen atoms in total. The minimum Gasteiger partial charge on any atom is -0.444 e. The number of carbonyl (C=O) groups is 1. The first-order chi connectivity index (χ1) is 11.4. The van der Waals surface area contributed by atoms with E-state index >= 15 is 0 Å². The van der Waals surface area contributed by atoms with Gasteiger partial charge in [0.1, 0.15) is 5.60 Å². The third kappa shape index (κ3) is 4.12. The summed E-state index contributed by atoms with van der Waals surface area (Å²) in [6.45, 7) is 8.36. The number of amides is 1. The number of piperidine rings is 1. The molecule has 1 N–H and O–H groups in total. The molecule has 1 spiro atoms. The highest BCUT2D eigenvalue weighted by Crippen LogP contribution is 2.32. The molecule has 0 saturated carbocycles. The molecule has 1 aromatic heterocycles. The molecule has 2 saturated heterocycles. The summed E-state index contributed by atoms with van der Waals surface area (Å²) >= 11 is 0. The van der Waals surface area contributed by atoms with Crippen molar-refractivity contribution in [2.75, 3.05) is 36.5 Å². The first-order valence-corrected chi connectivity index (χ1v) is 8.22. The normalized spacial score (nSPS) is 20.2. The topological polar surface area (TPSA) is 85.8 Å². The van der Waals surface area contributed by atoms with Crippen molar-refractivity contribution in [2.45, 2.75) is 45.0 Å². The molecule has 0 unspecified atom stereocenters. The van der Waals surface area contributed by atoms with E-state index in [1.54, 1.807) is 6.07 Å². The summed E-state index contributed by atoms with van der Waals surface area (Å²) in [7, 11) is 0. The number of aromatic nitrogens is 2. The van der Waals surface area contributed by atoms with Gasteiger partial charge in [-0.3, -0.25) is 5.32 Å². The highest BCUT2D eigenvalue weighted by atomic mass is 16.7. The third-order valence-electron chi connectivity index (χ3n) is 3.94. The van der Waals surface area contributed by atoms with Gasteiger partial charge in [0, 0.05) is 25.9 Å². The molecular weight excluding hydrogens is 312 g/mol. The maximum absolute atomic E-state index is 11.7. The fraction of sp³-hybridized carbons (Fsp3) is 0.688. The lowest BCUT2D eigenvalue weighted by Crippen LogP contribution is -2.45. The summed E-state index contributed by atoms with van der Waals surface area (Å²) < 4.78 is 16.6. The van der Waals surface area contributed by atoms with Gasteiger partial charge in [0.2, 0.25) is 0 Å². The van der Waals surface area contributed by atoms with Crippen LogP contribution >= 0.6 is 0 Å². The van der Waals surface area contributed by atoms with Gasteiger partial charge in [0.25, 0.3) is 0 Å². The summed E-state index contributed by atoms with van der Waals surface area (Å²) in [6, 6.07) is 3.56. The second kappa shape index (κ2) is 6.52. The third-order valence-corrected chi connectivity index (χ3v) is 3.94. The molecule has 2 aliphatic rings. The van der Waals surface area contributed by atoms with Gasteiger partial charge in [-0.2, -0.15) is 0 Å². The van der Waals surface area contributed by atoms with Crippen LogP contribution in [0.4, 0.5) is 16.4 Å². The zero-order valence-electron chi connectivity index (χ0n) is 14.4. The van der Waals surface area contributed by atoms with Crippen molar-refractivity contribution in [2.24, 2.45) is 0 Å². The van der Waals surface area contributed by atoms with Crippen molar-refractivity contribution in [3.63, 3.8) is 0 Å². The smallest absolute Gasteiger partial charge is 0.413 e. The standard InChI is InChI=1S/C16H24N4O4/c1-15(2,3)24-14(21)17-12-4-5-13(19-18-12)20-8-6-16(7-9-20)22-10-11-23-16/h4-5H,6-11H2,1-3H3,(H,17,18,21). The second-order valence-electron chi connectivity index (χ2n) is 7.00. The van der Waals surface area contributed by atoms with Gasteiger partial charge in [-0.05, 0) is 32.9 Å². The summed E-state index contributed by atoms with van der Waals surface area (Å²) in [5.74, 6) is 0.740. The summed E-state index contributed by atoms with van der Waals surface area (Å²) in [6.07, 6.45) is 1.08. The summed E-state index contributed by atoms with van der Waals surface area (Å²) in [5, 5.41) is 10.8. The Hall–Kier alpha value is -1.93. The highest BCUT2D eigenvalue weighted by Gasteiger charge is 2.40. The van der Waals surface area contributed by atoms with Crippen LogP contribution in [0, 0.1) is 0 Å². The number of nitrogens with one attached hydrogen (secondary N) is 1. The van der Waals surface area contributed by atoms with Crippen molar-refractivity contribution >= 4 is 17.7 Å². The first kappa shape index (κ1) is 16.9. The predicted octanol–water partition coefficient (Wildman–Crippen LogP) is 2.17. The summed E-state index contributed by atoms with van der Waals surface area (Å²) in [4.78, 5) is 13.9. The molecular formula is C16H24N4O4. The molecule has 0 aliphatic carbocycles. The van der Waals surface area contributed by atoms with Gasteiger partial charge < -0.3 is 19.1 Å². The largest absolute Gasteiger partial charge is 0.444 e. The Morgan fingerprint density at radius 1 is 1.21 bits per heavy atom. The Morgan fingerprint density at radius 3 is 2.42 bits per heavy atom. The lowest BCUT2D eigenvalue weighted by atomic mass is 10.0. The van der Waals surface area contributed by atoms with E-state index in [1.807, 2.05) is 26.8 Å². The van der Waals surface area contributed by atoms with Crippen LogP contribution in [-0.4, -0.2) is 54.0 Å². The van der Waals surface area contributed by atoms with Crippen molar-refractivity contribution in [3.8, 4) is 0 Å². The van der Waals surface area contributed by atoms with E-state index in [9.17, 15) is 4.79 Å². The number of hydrogen-bond acceptors (Lipinski definition) is 7. The Morgan fingerprint density at radius 2 is 1.88 bits per heavy atom. The molecule has 1 amide bonds. The Balaban J connectivity index is 1.54. The van der Waals surface area contributed by atoms with Gasteiger partial charge >= 0.3 is 6.09 Å². The second-order valence-corrected chi connectivity index (χ2v) is 7.00. The van der Waals surface area contributed by atoms with Crippen molar-refractivity contribution in [1.29, 1.82) is 0 Å². The quantitative estimate of drug-likeness (QED) is 0.885. The fourth-order valence-corrected chi connectivity index (χ4v) is 2.83. The lowest BCUT2D eigenvalue weighted by Gasteiger charge is -2.37. The van der Waals surface area contributed by atoms with E-state index in [4.69, 9.17) is 14.2 Å². The molecule has 0 aromatic carbocycles. The zero-order valence-corrected chi connectivity index (χ0v) is 14.4. The van der Waals surface area contributed by atoms with Gasteiger partial charge in [-0.25, -0.2) is 4.79 Å². The van der Waals surface area contributed by atoms with Gasteiger partial charge in [0.05, 0.1) is 13.2 Å². The molecule has 8 heteroatoms. The SMILES string of the molecule is CC(C)(C)OC(=O)Nc1ccc(N2CCC3(CC2)OCCO3)nn1. The van der Waals surface area contributed by atoms with Crippen LogP contribution in [0.25, 0.3) is 0 Å². The predicted molar refractivity (Wildman–Crippen MR) is 88.0 cm³/mol. The van der Waals surface area contributed by atoms with Crippen molar-refractivity contribution < 1.29 is 19.0 Å². The molecule has 24 heavy (non-hydrogen) atoms. The molecule has 2 fully saturated rings. The number of anilines is 2. The van der Waals surface area contributed by atoms with Crippen molar-refractivity contribution in [3.05, 3.63) is 12.1 Å². The van der Waals surface area contributed by atoms with Crippen LogP contribution in [-0.2, 0) is 14.2 Å². The van der Waals surface area contributed by atoms with Crippen LogP contribution in [0.15, 0.2) is 12.1 Å². The minimum absolute atomic E-state index is 0.365. The highest BCUT2D eigenvalue weighted by molar-refractivity contribution is 5.83. The Bertz CT molecular complexity index is 569. The number of ether oxygens (including phenoxy) is 3. The number of rotatable bonds is 2. The van der Waals surface area contributed by atoms with Crippen LogP contribution in [0.3, 0.4) is 0 Å². The van der Waals surface area contributed by atoms with Crippen LogP contribution in [0.1, 0.15) is 33.6 Å². The van der Waals surface area contributed by atoms with E-state index in [0.717, 1.165) is 31.7 Å². The average molecular weight is 336 g/mol. The molecule has 3 heterocycles. The van der Waals surface area contributed by atoms with Gasteiger partial charge in [-0.1, -0.05) is 0 Å². The van der Waals surface area contributed by atoms with E-state index in [2.05, 4.69) is 20.4 Å². The molecule has 3 rings (SSSR count).